The van der Waals surface area contributed by atoms with E-state index in [4.69, 9.17) is 4.74 Å². The second-order valence-corrected chi connectivity index (χ2v) is 3.83. The summed E-state index contributed by atoms with van der Waals surface area (Å²) in [5.74, 6) is 0.869. The van der Waals surface area contributed by atoms with Crippen LogP contribution in [0.25, 0.3) is 21.8 Å². The van der Waals surface area contributed by atoms with Crippen molar-refractivity contribution >= 4 is 21.8 Å². The quantitative estimate of drug-likeness (QED) is 0.673. The predicted octanol–water partition coefficient (Wildman–Crippen LogP) is 3.03. The van der Waals surface area contributed by atoms with Crippen molar-refractivity contribution in [3.8, 4) is 5.75 Å². The zero-order valence-corrected chi connectivity index (χ0v) is 9.24. The topological polar surface area (TPSA) is 37.9 Å². The minimum atomic E-state index is 0.869. The van der Waals surface area contributed by atoms with Gasteiger partial charge in [-0.1, -0.05) is 12.1 Å². The molecule has 0 unspecified atom stereocenters. The van der Waals surface area contributed by atoms with Crippen LogP contribution in [0.4, 0.5) is 0 Å². The number of rotatable bonds is 1. The molecule has 80 valence electrons. The molecule has 3 aromatic rings. The molecule has 0 aliphatic heterocycles. The molecule has 0 spiro atoms. The summed E-state index contributed by atoms with van der Waals surface area (Å²) >= 11 is 0. The molecule has 1 N–H and O–H groups in total. The van der Waals surface area contributed by atoms with Gasteiger partial charge in [0.1, 0.15) is 5.75 Å². The highest BCUT2D eigenvalue weighted by Gasteiger charge is 2.09. The van der Waals surface area contributed by atoms with Crippen molar-refractivity contribution in [3.63, 3.8) is 0 Å². The lowest BCUT2D eigenvalue weighted by Crippen LogP contribution is -1.83. The summed E-state index contributed by atoms with van der Waals surface area (Å²) in [5.41, 5.74) is 3.13. The minimum Gasteiger partial charge on any atom is -0.495 e. The molecule has 0 bridgehead atoms. The number of fused-ring (bicyclic) bond motifs is 3. The first-order valence-corrected chi connectivity index (χ1v) is 5.21. The number of hydrogen-bond donors (Lipinski definition) is 1. The van der Waals surface area contributed by atoms with E-state index in [1.54, 1.807) is 7.11 Å². The van der Waals surface area contributed by atoms with E-state index in [1.165, 1.54) is 10.8 Å². The van der Waals surface area contributed by atoms with Crippen molar-refractivity contribution in [2.45, 2.75) is 6.92 Å². The fourth-order valence-electron chi connectivity index (χ4n) is 2.13. The SMILES string of the molecule is COc1cccc2c1[nH]c1c(C)nccc12. The summed E-state index contributed by atoms with van der Waals surface area (Å²) in [6.45, 7) is 2.00. The summed E-state index contributed by atoms with van der Waals surface area (Å²) in [6, 6.07) is 8.08. The van der Waals surface area contributed by atoms with Crippen molar-refractivity contribution in [3.05, 3.63) is 36.2 Å². The standard InChI is InChI=1S/C13H12N2O/c1-8-12-10(6-7-14-8)9-4-3-5-11(16-2)13(9)15-12/h3-7,15H,1-2H3. The number of aryl methyl sites for hydroxylation is 1. The van der Waals surface area contributed by atoms with E-state index >= 15 is 0 Å². The average Bonchev–Trinajstić information content (AvgIpc) is 2.69. The number of H-pyrrole nitrogens is 1. The number of nitrogens with one attached hydrogen (secondary N) is 1. The molecule has 1 aromatic carbocycles. The Labute approximate surface area is 93.1 Å². The molecule has 3 nitrogen and oxygen atoms in total. The van der Waals surface area contributed by atoms with Gasteiger partial charge in [0, 0.05) is 17.0 Å². The fourth-order valence-corrected chi connectivity index (χ4v) is 2.13. The molecule has 3 rings (SSSR count). The molecular weight excluding hydrogens is 200 g/mol. The monoisotopic (exact) mass is 212 g/mol. The van der Waals surface area contributed by atoms with Crippen LogP contribution in [-0.2, 0) is 0 Å². The first-order chi connectivity index (χ1) is 7.81. The van der Waals surface area contributed by atoms with Crippen molar-refractivity contribution in [2.24, 2.45) is 0 Å². The van der Waals surface area contributed by atoms with E-state index in [0.717, 1.165) is 22.5 Å². The van der Waals surface area contributed by atoms with E-state index < -0.39 is 0 Å². The normalized spacial score (nSPS) is 11.1. The fraction of sp³-hybridized carbons (Fsp3) is 0.154. The Morgan fingerprint density at radius 1 is 1.12 bits per heavy atom. The van der Waals surface area contributed by atoms with Crippen molar-refractivity contribution in [1.82, 2.24) is 9.97 Å². The third-order valence-corrected chi connectivity index (χ3v) is 2.93. The lowest BCUT2D eigenvalue weighted by atomic mass is 10.1. The maximum atomic E-state index is 5.35. The van der Waals surface area contributed by atoms with Crippen LogP contribution in [0.5, 0.6) is 5.75 Å². The lowest BCUT2D eigenvalue weighted by molar-refractivity contribution is 0.419. The number of hydrogen-bond acceptors (Lipinski definition) is 2. The zero-order chi connectivity index (χ0) is 11.1. The second kappa shape index (κ2) is 3.23. The van der Waals surface area contributed by atoms with Gasteiger partial charge in [-0.15, -0.1) is 0 Å². The van der Waals surface area contributed by atoms with Crippen molar-refractivity contribution in [2.75, 3.05) is 7.11 Å². The van der Waals surface area contributed by atoms with Gasteiger partial charge in [0.25, 0.3) is 0 Å². The summed E-state index contributed by atoms with van der Waals surface area (Å²) in [6.07, 6.45) is 1.84. The Morgan fingerprint density at radius 2 is 1.94 bits per heavy atom. The number of benzene rings is 1. The first-order valence-electron chi connectivity index (χ1n) is 5.21. The van der Waals surface area contributed by atoms with Crippen LogP contribution in [0.1, 0.15) is 5.69 Å². The third kappa shape index (κ3) is 1.11. The van der Waals surface area contributed by atoms with Crippen LogP contribution in [0.15, 0.2) is 30.5 Å². The molecule has 0 radical (unpaired) electrons. The highest BCUT2D eigenvalue weighted by Crippen LogP contribution is 2.31. The molecule has 16 heavy (non-hydrogen) atoms. The zero-order valence-electron chi connectivity index (χ0n) is 9.24. The van der Waals surface area contributed by atoms with Crippen LogP contribution in [0, 0.1) is 6.92 Å². The lowest BCUT2D eigenvalue weighted by Gasteiger charge is -1.99. The number of aromatic nitrogens is 2. The number of para-hydroxylation sites is 1. The summed E-state index contributed by atoms with van der Waals surface area (Å²) in [7, 11) is 1.69. The molecule has 0 fully saturated rings. The highest BCUT2D eigenvalue weighted by molar-refractivity contribution is 6.09. The largest absolute Gasteiger partial charge is 0.495 e. The van der Waals surface area contributed by atoms with Gasteiger partial charge >= 0.3 is 0 Å². The molecule has 0 atom stereocenters. The van der Waals surface area contributed by atoms with Crippen LogP contribution in [0.2, 0.25) is 0 Å². The molecule has 0 saturated heterocycles. The summed E-state index contributed by atoms with van der Waals surface area (Å²) in [4.78, 5) is 7.66. The molecular formula is C13H12N2O. The van der Waals surface area contributed by atoms with Crippen LogP contribution >= 0.6 is 0 Å². The summed E-state index contributed by atoms with van der Waals surface area (Å²) < 4.78 is 5.35. The van der Waals surface area contributed by atoms with E-state index in [9.17, 15) is 0 Å². The van der Waals surface area contributed by atoms with Crippen LogP contribution in [0.3, 0.4) is 0 Å². The molecule has 2 heterocycles. The van der Waals surface area contributed by atoms with E-state index in [2.05, 4.69) is 16.0 Å². The Balaban J connectivity index is 2.55. The van der Waals surface area contributed by atoms with Gasteiger partial charge in [-0.3, -0.25) is 4.98 Å². The number of nitrogens with zero attached hydrogens (tertiary/aromatic N) is 1. The second-order valence-electron chi connectivity index (χ2n) is 3.83. The smallest absolute Gasteiger partial charge is 0.142 e. The number of methoxy groups -OCH3 is 1. The average molecular weight is 212 g/mol. The van der Waals surface area contributed by atoms with Crippen molar-refractivity contribution in [1.29, 1.82) is 0 Å². The number of aromatic amines is 1. The number of pyridine rings is 1. The Morgan fingerprint density at radius 3 is 2.75 bits per heavy atom. The highest BCUT2D eigenvalue weighted by atomic mass is 16.5. The van der Waals surface area contributed by atoms with Crippen LogP contribution in [-0.4, -0.2) is 17.1 Å². The predicted molar refractivity (Wildman–Crippen MR) is 64.9 cm³/mol. The Hall–Kier alpha value is -2.03. The van der Waals surface area contributed by atoms with Gasteiger partial charge in [-0.2, -0.15) is 0 Å². The van der Waals surface area contributed by atoms with Gasteiger partial charge in [0.05, 0.1) is 23.8 Å². The number of ether oxygens (including phenoxy) is 1. The maximum absolute atomic E-state index is 5.35. The van der Waals surface area contributed by atoms with Crippen molar-refractivity contribution < 1.29 is 4.74 Å². The van der Waals surface area contributed by atoms with Gasteiger partial charge in [0.15, 0.2) is 0 Å². The van der Waals surface area contributed by atoms with Gasteiger partial charge in [-0.25, -0.2) is 0 Å². The first kappa shape index (κ1) is 9.21. The molecule has 0 saturated carbocycles. The molecule has 0 amide bonds. The molecule has 2 aromatic heterocycles. The van der Waals surface area contributed by atoms with Crippen LogP contribution < -0.4 is 4.74 Å². The molecule has 0 aliphatic carbocycles. The van der Waals surface area contributed by atoms with E-state index in [1.807, 2.05) is 31.3 Å². The van der Waals surface area contributed by atoms with E-state index in [-0.39, 0.29) is 0 Å². The van der Waals surface area contributed by atoms with Gasteiger partial charge in [-0.05, 0) is 19.1 Å². The molecule has 3 heteroatoms. The third-order valence-electron chi connectivity index (χ3n) is 2.93. The Bertz CT molecular complexity index is 670. The molecule has 0 aliphatic rings. The van der Waals surface area contributed by atoms with E-state index in [0.29, 0.717) is 0 Å². The maximum Gasteiger partial charge on any atom is 0.142 e. The Kier molecular flexibility index (Phi) is 1.86. The van der Waals surface area contributed by atoms with Gasteiger partial charge in [0.2, 0.25) is 0 Å². The summed E-state index contributed by atoms with van der Waals surface area (Å²) in [5, 5.41) is 2.38. The van der Waals surface area contributed by atoms with Gasteiger partial charge < -0.3 is 9.72 Å². The minimum absolute atomic E-state index is 0.869.